The van der Waals surface area contributed by atoms with Crippen molar-refractivity contribution >= 4 is 5.78 Å². The molecule has 1 fully saturated rings. The van der Waals surface area contributed by atoms with Crippen LogP contribution in [0.2, 0.25) is 0 Å². The van der Waals surface area contributed by atoms with E-state index < -0.39 is 0 Å². The number of rotatable bonds is 7. The van der Waals surface area contributed by atoms with Crippen molar-refractivity contribution in [1.29, 1.82) is 0 Å². The molecule has 0 bridgehead atoms. The minimum atomic E-state index is -0.0761. The Kier molecular flexibility index (Phi) is 4.99. The molecular formula is C16H31NO. The van der Waals surface area contributed by atoms with Crippen LogP contribution in [-0.4, -0.2) is 30.8 Å². The SMILES string of the molecule is CCCCC1(CC)C(=O)C(CC)(CC)C1N(C)C. The molecule has 0 aromatic carbocycles. The van der Waals surface area contributed by atoms with Crippen molar-refractivity contribution in [3.05, 3.63) is 0 Å². The molecule has 0 spiro atoms. The van der Waals surface area contributed by atoms with Crippen molar-refractivity contribution in [2.75, 3.05) is 14.1 Å². The van der Waals surface area contributed by atoms with Crippen LogP contribution in [0.15, 0.2) is 0 Å². The Morgan fingerprint density at radius 2 is 1.50 bits per heavy atom. The predicted octanol–water partition coefficient (Wildman–Crippen LogP) is 3.89. The molecule has 1 aliphatic rings. The fourth-order valence-electron chi connectivity index (χ4n) is 4.41. The summed E-state index contributed by atoms with van der Waals surface area (Å²) >= 11 is 0. The third-order valence-corrected chi connectivity index (χ3v) is 5.34. The normalized spacial score (nSPS) is 30.6. The van der Waals surface area contributed by atoms with Crippen LogP contribution < -0.4 is 0 Å². The van der Waals surface area contributed by atoms with Crippen LogP contribution in [0.4, 0.5) is 0 Å². The smallest absolute Gasteiger partial charge is 0.148 e. The molecule has 1 saturated carbocycles. The van der Waals surface area contributed by atoms with Crippen LogP contribution in [0.25, 0.3) is 0 Å². The van der Waals surface area contributed by atoms with E-state index in [0.29, 0.717) is 11.8 Å². The fraction of sp³-hybridized carbons (Fsp3) is 0.938. The third kappa shape index (κ3) is 1.93. The van der Waals surface area contributed by atoms with E-state index in [1.807, 2.05) is 0 Å². The van der Waals surface area contributed by atoms with E-state index in [9.17, 15) is 4.79 Å². The molecule has 0 saturated heterocycles. The number of ketones is 1. The lowest BCUT2D eigenvalue weighted by molar-refractivity contribution is -0.181. The van der Waals surface area contributed by atoms with Crippen LogP contribution in [0.1, 0.15) is 66.2 Å². The van der Waals surface area contributed by atoms with Gasteiger partial charge in [-0.1, -0.05) is 40.5 Å². The summed E-state index contributed by atoms with van der Waals surface area (Å²) in [4.78, 5) is 15.2. The third-order valence-electron chi connectivity index (χ3n) is 5.34. The van der Waals surface area contributed by atoms with Crippen LogP contribution in [0, 0.1) is 10.8 Å². The van der Waals surface area contributed by atoms with Crippen LogP contribution in [-0.2, 0) is 4.79 Å². The van der Waals surface area contributed by atoms with E-state index in [-0.39, 0.29) is 10.8 Å². The molecule has 0 N–H and O–H groups in total. The lowest BCUT2D eigenvalue weighted by atomic mass is 9.43. The molecule has 18 heavy (non-hydrogen) atoms. The lowest BCUT2D eigenvalue weighted by Crippen LogP contribution is -2.73. The summed E-state index contributed by atoms with van der Waals surface area (Å²) in [6, 6.07) is 0.434. The Bertz CT molecular complexity index is 293. The van der Waals surface area contributed by atoms with Crippen LogP contribution >= 0.6 is 0 Å². The first-order valence-electron chi connectivity index (χ1n) is 7.68. The molecule has 0 aliphatic heterocycles. The minimum Gasteiger partial charge on any atom is -0.304 e. The number of unbranched alkanes of at least 4 members (excludes halogenated alkanes) is 1. The average molecular weight is 253 g/mol. The molecule has 0 heterocycles. The molecule has 106 valence electrons. The number of hydrogen-bond acceptors (Lipinski definition) is 2. The maximum atomic E-state index is 12.9. The number of hydrogen-bond donors (Lipinski definition) is 0. The highest BCUT2D eigenvalue weighted by Gasteiger charge is 2.68. The maximum Gasteiger partial charge on any atom is 0.148 e. The summed E-state index contributed by atoms with van der Waals surface area (Å²) in [7, 11) is 4.29. The Hall–Kier alpha value is -0.370. The highest BCUT2D eigenvalue weighted by Crippen LogP contribution is 2.60. The largest absolute Gasteiger partial charge is 0.304 e. The van der Waals surface area contributed by atoms with Gasteiger partial charge in [-0.25, -0.2) is 0 Å². The molecule has 0 amide bonds. The molecule has 2 unspecified atom stereocenters. The van der Waals surface area contributed by atoms with Gasteiger partial charge in [-0.05, 0) is 39.8 Å². The standard InChI is InChI=1S/C16H31NO/c1-7-11-12-16(10-4)13(17(5)6)15(8-2,9-3)14(16)18/h13H,7-12H2,1-6H3. The fourth-order valence-corrected chi connectivity index (χ4v) is 4.41. The van der Waals surface area contributed by atoms with Crippen molar-refractivity contribution in [1.82, 2.24) is 4.90 Å². The molecule has 2 nitrogen and oxygen atoms in total. The Morgan fingerprint density at radius 1 is 1.00 bits per heavy atom. The zero-order chi connectivity index (χ0) is 14.0. The minimum absolute atomic E-state index is 0.0640. The van der Waals surface area contributed by atoms with Crippen molar-refractivity contribution in [2.24, 2.45) is 10.8 Å². The summed E-state index contributed by atoms with van der Waals surface area (Å²) in [5, 5.41) is 0. The molecule has 2 heteroatoms. The molecule has 0 radical (unpaired) electrons. The number of Topliss-reactive ketones (excluding diaryl/α,β-unsaturated/α-hetero) is 1. The number of carbonyl (C=O) groups is 1. The summed E-state index contributed by atoms with van der Waals surface area (Å²) in [6.07, 6.45) is 6.39. The Labute approximate surface area is 113 Å². The van der Waals surface area contributed by atoms with Gasteiger partial charge in [0.25, 0.3) is 0 Å². The Balaban J connectivity index is 3.09. The van der Waals surface area contributed by atoms with Crippen molar-refractivity contribution < 1.29 is 4.79 Å². The number of carbonyl (C=O) groups excluding carboxylic acids is 1. The second-order valence-corrected chi connectivity index (χ2v) is 6.17. The van der Waals surface area contributed by atoms with Crippen molar-refractivity contribution in [3.63, 3.8) is 0 Å². The van der Waals surface area contributed by atoms with E-state index >= 15 is 0 Å². The summed E-state index contributed by atoms with van der Waals surface area (Å²) in [5.41, 5.74) is -0.140. The molecule has 1 rings (SSSR count). The van der Waals surface area contributed by atoms with Crippen LogP contribution in [0.5, 0.6) is 0 Å². The molecule has 0 aromatic heterocycles. The Morgan fingerprint density at radius 3 is 1.83 bits per heavy atom. The summed E-state index contributed by atoms with van der Waals surface area (Å²) < 4.78 is 0. The highest BCUT2D eigenvalue weighted by molar-refractivity contribution is 5.98. The van der Waals surface area contributed by atoms with Crippen molar-refractivity contribution in [2.45, 2.75) is 72.3 Å². The van der Waals surface area contributed by atoms with Gasteiger partial charge < -0.3 is 4.90 Å². The second kappa shape index (κ2) is 5.73. The molecule has 1 aliphatic carbocycles. The zero-order valence-electron chi connectivity index (χ0n) is 13.2. The van der Waals surface area contributed by atoms with Gasteiger partial charge >= 0.3 is 0 Å². The molecular weight excluding hydrogens is 222 g/mol. The molecule has 2 atom stereocenters. The van der Waals surface area contributed by atoms with Gasteiger partial charge in [-0.3, -0.25) is 4.79 Å². The van der Waals surface area contributed by atoms with E-state index in [4.69, 9.17) is 0 Å². The first-order chi connectivity index (χ1) is 8.46. The highest BCUT2D eigenvalue weighted by atomic mass is 16.1. The monoisotopic (exact) mass is 253 g/mol. The van der Waals surface area contributed by atoms with E-state index in [1.54, 1.807) is 0 Å². The van der Waals surface area contributed by atoms with Gasteiger partial charge in [-0.2, -0.15) is 0 Å². The second-order valence-electron chi connectivity index (χ2n) is 6.17. The first kappa shape index (κ1) is 15.7. The summed E-state index contributed by atoms with van der Waals surface area (Å²) in [6.45, 7) is 8.76. The molecule has 0 aromatic rings. The van der Waals surface area contributed by atoms with Gasteiger partial charge in [0, 0.05) is 16.9 Å². The quantitative estimate of drug-likeness (QED) is 0.686. The number of nitrogens with zero attached hydrogens (tertiary/aromatic N) is 1. The van der Waals surface area contributed by atoms with Gasteiger partial charge in [0.2, 0.25) is 0 Å². The van der Waals surface area contributed by atoms with Gasteiger partial charge in [-0.15, -0.1) is 0 Å². The topological polar surface area (TPSA) is 20.3 Å². The van der Waals surface area contributed by atoms with E-state index in [2.05, 4.69) is 46.7 Å². The van der Waals surface area contributed by atoms with Crippen LogP contribution in [0.3, 0.4) is 0 Å². The maximum absolute atomic E-state index is 12.9. The van der Waals surface area contributed by atoms with E-state index in [0.717, 1.165) is 25.7 Å². The first-order valence-corrected chi connectivity index (χ1v) is 7.68. The summed E-state index contributed by atoms with van der Waals surface area (Å²) in [5.74, 6) is 0.551. The van der Waals surface area contributed by atoms with Crippen molar-refractivity contribution in [3.8, 4) is 0 Å². The average Bonchev–Trinajstić information content (AvgIpc) is 2.37. The lowest BCUT2D eigenvalue weighted by Gasteiger charge is -2.63. The van der Waals surface area contributed by atoms with E-state index in [1.165, 1.54) is 12.8 Å². The van der Waals surface area contributed by atoms with Gasteiger partial charge in [0.15, 0.2) is 0 Å². The zero-order valence-corrected chi connectivity index (χ0v) is 13.2. The van der Waals surface area contributed by atoms with Gasteiger partial charge in [0.1, 0.15) is 5.78 Å². The van der Waals surface area contributed by atoms with Gasteiger partial charge in [0.05, 0.1) is 0 Å². The predicted molar refractivity (Wildman–Crippen MR) is 77.7 cm³/mol.